The van der Waals surface area contributed by atoms with Gasteiger partial charge in [0, 0.05) is 26.4 Å². The summed E-state index contributed by atoms with van der Waals surface area (Å²) in [6.45, 7) is 11.9. The topological polar surface area (TPSA) is 48.0 Å². The van der Waals surface area contributed by atoms with Crippen molar-refractivity contribution in [3.05, 3.63) is 0 Å². The molecule has 0 aromatic carbocycles. The molecule has 0 saturated carbocycles. The van der Waals surface area contributed by atoms with Crippen LogP contribution >= 0.6 is 0 Å². The third-order valence-corrected chi connectivity index (χ3v) is 5.37. The van der Waals surface area contributed by atoms with Crippen LogP contribution in [0, 0.1) is 5.92 Å². The van der Waals surface area contributed by atoms with Gasteiger partial charge in [-0.1, -0.05) is 19.8 Å². The lowest BCUT2D eigenvalue weighted by Crippen LogP contribution is -2.40. The van der Waals surface area contributed by atoms with Crippen LogP contribution in [-0.2, 0) is 14.2 Å². The van der Waals surface area contributed by atoms with Crippen LogP contribution in [0.25, 0.3) is 0 Å². The molecule has 1 unspecified atom stereocenters. The molecule has 2 heterocycles. The SMILES string of the molecule is CCC1(OCCCCC2CCOCC2)CCN(C(=O)OC(C)(C)C)C1. The number of hydrogen-bond donors (Lipinski definition) is 0. The number of likely N-dealkylation sites (tertiary alicyclic amines) is 1. The van der Waals surface area contributed by atoms with E-state index in [1.807, 2.05) is 20.8 Å². The van der Waals surface area contributed by atoms with E-state index in [9.17, 15) is 4.79 Å². The minimum atomic E-state index is -0.445. The zero-order chi connectivity index (χ0) is 18.3. The highest BCUT2D eigenvalue weighted by molar-refractivity contribution is 5.68. The van der Waals surface area contributed by atoms with Gasteiger partial charge in [0.1, 0.15) is 5.60 Å². The molecule has 2 saturated heterocycles. The zero-order valence-electron chi connectivity index (χ0n) is 16.6. The average Bonchev–Trinajstić information content (AvgIpc) is 2.99. The number of amides is 1. The van der Waals surface area contributed by atoms with Gasteiger partial charge in [0.15, 0.2) is 0 Å². The Morgan fingerprint density at radius 1 is 1.24 bits per heavy atom. The first kappa shape index (κ1) is 20.5. The van der Waals surface area contributed by atoms with Gasteiger partial charge in [0.25, 0.3) is 0 Å². The van der Waals surface area contributed by atoms with Gasteiger partial charge >= 0.3 is 6.09 Å². The minimum Gasteiger partial charge on any atom is -0.444 e. The van der Waals surface area contributed by atoms with E-state index < -0.39 is 5.60 Å². The largest absolute Gasteiger partial charge is 0.444 e. The van der Waals surface area contributed by atoms with Crippen molar-refractivity contribution in [3.8, 4) is 0 Å². The highest BCUT2D eigenvalue weighted by Gasteiger charge is 2.40. The van der Waals surface area contributed by atoms with Crippen LogP contribution in [0.3, 0.4) is 0 Å². The van der Waals surface area contributed by atoms with Gasteiger partial charge in [-0.05, 0) is 58.8 Å². The van der Waals surface area contributed by atoms with Crippen LogP contribution < -0.4 is 0 Å². The molecule has 0 aromatic heterocycles. The van der Waals surface area contributed by atoms with Gasteiger partial charge in [-0.25, -0.2) is 4.79 Å². The summed E-state index contributed by atoms with van der Waals surface area (Å²) in [5.41, 5.74) is -0.630. The monoisotopic (exact) mass is 355 g/mol. The molecule has 0 radical (unpaired) electrons. The van der Waals surface area contributed by atoms with Crippen LogP contribution in [0.1, 0.15) is 72.6 Å². The minimum absolute atomic E-state index is 0.185. The fourth-order valence-corrected chi connectivity index (χ4v) is 3.69. The summed E-state index contributed by atoms with van der Waals surface area (Å²) in [5, 5.41) is 0. The van der Waals surface area contributed by atoms with E-state index in [1.165, 1.54) is 25.7 Å². The van der Waals surface area contributed by atoms with Crippen molar-refractivity contribution in [1.29, 1.82) is 0 Å². The Labute approximate surface area is 153 Å². The van der Waals surface area contributed by atoms with Crippen molar-refractivity contribution in [2.45, 2.75) is 83.8 Å². The van der Waals surface area contributed by atoms with Gasteiger partial charge in [0.2, 0.25) is 0 Å². The molecule has 0 aromatic rings. The Balaban J connectivity index is 1.67. The third-order valence-electron chi connectivity index (χ3n) is 5.37. The van der Waals surface area contributed by atoms with E-state index in [-0.39, 0.29) is 11.7 Å². The summed E-state index contributed by atoms with van der Waals surface area (Å²) in [6.07, 6.45) is 7.66. The lowest BCUT2D eigenvalue weighted by Gasteiger charge is -2.29. The van der Waals surface area contributed by atoms with Gasteiger partial charge < -0.3 is 19.1 Å². The lowest BCUT2D eigenvalue weighted by atomic mass is 9.94. The highest BCUT2D eigenvalue weighted by Crippen LogP contribution is 2.30. The fourth-order valence-electron chi connectivity index (χ4n) is 3.69. The number of hydrogen-bond acceptors (Lipinski definition) is 4. The van der Waals surface area contributed by atoms with E-state index >= 15 is 0 Å². The molecular weight excluding hydrogens is 318 g/mol. The van der Waals surface area contributed by atoms with Crippen LogP contribution in [0.2, 0.25) is 0 Å². The maximum Gasteiger partial charge on any atom is 0.410 e. The Kier molecular flexibility index (Phi) is 7.56. The van der Waals surface area contributed by atoms with Gasteiger partial charge in [-0.2, -0.15) is 0 Å². The first-order valence-electron chi connectivity index (χ1n) is 10.0. The van der Waals surface area contributed by atoms with Crippen molar-refractivity contribution in [3.63, 3.8) is 0 Å². The predicted molar refractivity (Wildman–Crippen MR) is 98.8 cm³/mol. The quantitative estimate of drug-likeness (QED) is 0.636. The summed E-state index contributed by atoms with van der Waals surface area (Å²) in [5.74, 6) is 0.836. The molecule has 5 nitrogen and oxygen atoms in total. The Hall–Kier alpha value is -0.810. The van der Waals surface area contributed by atoms with E-state index in [4.69, 9.17) is 14.2 Å². The van der Waals surface area contributed by atoms with Crippen molar-refractivity contribution in [1.82, 2.24) is 4.90 Å². The van der Waals surface area contributed by atoms with Crippen molar-refractivity contribution in [2.24, 2.45) is 5.92 Å². The molecule has 5 heteroatoms. The summed E-state index contributed by atoms with van der Waals surface area (Å²) < 4.78 is 17.2. The molecule has 1 amide bonds. The number of ether oxygens (including phenoxy) is 3. The van der Waals surface area contributed by atoms with Crippen molar-refractivity contribution >= 4 is 6.09 Å². The molecule has 0 aliphatic carbocycles. The molecule has 2 fully saturated rings. The standard InChI is InChI=1S/C20H37NO4/c1-5-20(11-12-21(16-20)18(22)25-19(2,3)4)24-13-7-6-8-17-9-14-23-15-10-17/h17H,5-16H2,1-4H3. The number of rotatable bonds is 7. The van der Waals surface area contributed by atoms with E-state index in [1.54, 1.807) is 4.90 Å². The van der Waals surface area contributed by atoms with Crippen LogP contribution in [0.4, 0.5) is 4.79 Å². The molecule has 2 rings (SSSR count). The maximum absolute atomic E-state index is 12.3. The highest BCUT2D eigenvalue weighted by atomic mass is 16.6. The number of carbonyl (C=O) groups excluding carboxylic acids is 1. The van der Waals surface area contributed by atoms with Crippen molar-refractivity contribution in [2.75, 3.05) is 32.9 Å². The molecule has 25 heavy (non-hydrogen) atoms. The Morgan fingerprint density at radius 2 is 1.96 bits per heavy atom. The summed E-state index contributed by atoms with van der Waals surface area (Å²) in [7, 11) is 0. The summed E-state index contributed by atoms with van der Waals surface area (Å²) >= 11 is 0. The maximum atomic E-state index is 12.3. The first-order valence-corrected chi connectivity index (χ1v) is 10.0. The van der Waals surface area contributed by atoms with E-state index in [0.29, 0.717) is 6.54 Å². The van der Waals surface area contributed by atoms with Gasteiger partial charge in [-0.15, -0.1) is 0 Å². The molecule has 0 N–H and O–H groups in total. The number of nitrogens with zero attached hydrogens (tertiary/aromatic N) is 1. The van der Waals surface area contributed by atoms with Crippen LogP contribution in [-0.4, -0.2) is 55.1 Å². The average molecular weight is 356 g/mol. The predicted octanol–water partition coefficient (Wildman–Crippen LogP) is 4.39. The Bertz CT molecular complexity index is 414. The molecule has 0 bridgehead atoms. The van der Waals surface area contributed by atoms with Crippen molar-refractivity contribution < 1.29 is 19.0 Å². The van der Waals surface area contributed by atoms with Gasteiger partial charge in [0.05, 0.1) is 12.1 Å². The molecular formula is C20H37NO4. The van der Waals surface area contributed by atoms with Crippen LogP contribution in [0.5, 0.6) is 0 Å². The normalized spacial score (nSPS) is 25.4. The number of carbonyl (C=O) groups is 1. The molecule has 2 aliphatic heterocycles. The fraction of sp³-hybridized carbons (Fsp3) is 0.950. The second-order valence-electron chi connectivity index (χ2n) is 8.59. The zero-order valence-corrected chi connectivity index (χ0v) is 16.6. The summed E-state index contributed by atoms with van der Waals surface area (Å²) in [6, 6.07) is 0. The van der Waals surface area contributed by atoms with Crippen LogP contribution in [0.15, 0.2) is 0 Å². The molecule has 0 spiro atoms. The molecule has 146 valence electrons. The second-order valence-corrected chi connectivity index (χ2v) is 8.59. The summed E-state index contributed by atoms with van der Waals surface area (Å²) in [4.78, 5) is 14.1. The van der Waals surface area contributed by atoms with Gasteiger partial charge in [-0.3, -0.25) is 0 Å². The third kappa shape index (κ3) is 6.78. The second kappa shape index (κ2) is 9.22. The molecule has 1 atom stereocenters. The van der Waals surface area contributed by atoms with E-state index in [2.05, 4.69) is 6.92 Å². The lowest BCUT2D eigenvalue weighted by molar-refractivity contribution is -0.0443. The Morgan fingerprint density at radius 3 is 2.60 bits per heavy atom. The number of unbranched alkanes of at least 4 members (excludes halogenated alkanes) is 1. The smallest absolute Gasteiger partial charge is 0.410 e. The van der Waals surface area contributed by atoms with E-state index in [0.717, 1.165) is 51.5 Å². The first-order chi connectivity index (χ1) is 11.8. The molecule has 2 aliphatic rings.